The van der Waals surface area contributed by atoms with Crippen LogP contribution >= 0.6 is 0 Å². The van der Waals surface area contributed by atoms with Crippen molar-refractivity contribution in [3.63, 3.8) is 0 Å². The molecule has 0 radical (unpaired) electrons. The van der Waals surface area contributed by atoms with Gasteiger partial charge in [-0.15, -0.1) is 0 Å². The molecule has 0 aliphatic heterocycles. The summed E-state index contributed by atoms with van der Waals surface area (Å²) >= 11 is 0. The molecular weight excluding hydrogens is 336 g/mol. The van der Waals surface area contributed by atoms with Crippen LogP contribution in [0.3, 0.4) is 0 Å². The second-order valence-electron chi connectivity index (χ2n) is 6.25. The standard InChI is InChI=1S/C21H18N6/c1-14-4-6-17(13-24-14)19-8-9-20(27-22)21(26-19)25-12-15-5-7-18-16(11-15)3-2-10-23-18/h2-11,13,22H,12H2,1H3,(H,25,26). The molecule has 3 aromatic heterocycles. The topological polar surface area (TPSA) is 86.9 Å². The fraction of sp³-hybridized carbons (Fsp3) is 0.0952. The van der Waals surface area contributed by atoms with Crippen molar-refractivity contribution in [2.75, 3.05) is 5.32 Å². The molecule has 0 fully saturated rings. The number of nitrogens with zero attached hydrogens (tertiary/aromatic N) is 4. The van der Waals surface area contributed by atoms with Gasteiger partial charge in [-0.05, 0) is 55.0 Å². The summed E-state index contributed by atoms with van der Waals surface area (Å²) in [5, 5.41) is 7.97. The van der Waals surface area contributed by atoms with E-state index in [1.807, 2.05) is 49.4 Å². The number of aromatic nitrogens is 3. The van der Waals surface area contributed by atoms with Crippen molar-refractivity contribution in [1.29, 1.82) is 5.53 Å². The summed E-state index contributed by atoms with van der Waals surface area (Å²) in [6.07, 6.45) is 3.59. The van der Waals surface area contributed by atoms with E-state index < -0.39 is 0 Å². The van der Waals surface area contributed by atoms with Crippen LogP contribution in [0.25, 0.3) is 22.2 Å². The predicted octanol–water partition coefficient (Wildman–Crippen LogP) is 5.27. The smallest absolute Gasteiger partial charge is 0.154 e. The lowest BCUT2D eigenvalue weighted by atomic mass is 10.1. The third-order valence-corrected chi connectivity index (χ3v) is 4.33. The molecule has 4 rings (SSSR count). The van der Waals surface area contributed by atoms with Crippen molar-refractivity contribution < 1.29 is 0 Å². The third kappa shape index (κ3) is 3.64. The summed E-state index contributed by atoms with van der Waals surface area (Å²) in [7, 11) is 0. The SMILES string of the molecule is Cc1ccc(-c2ccc(N=N)c(NCc3ccc4ncccc4c3)n2)cn1. The van der Waals surface area contributed by atoms with Gasteiger partial charge in [-0.3, -0.25) is 9.97 Å². The Hall–Kier alpha value is -3.67. The molecule has 0 aliphatic carbocycles. The molecular formula is C21H18N6. The average molecular weight is 354 g/mol. The first-order chi connectivity index (χ1) is 13.2. The zero-order valence-corrected chi connectivity index (χ0v) is 14.8. The van der Waals surface area contributed by atoms with Gasteiger partial charge >= 0.3 is 0 Å². The predicted molar refractivity (Wildman–Crippen MR) is 106 cm³/mol. The van der Waals surface area contributed by atoms with Crippen LogP contribution in [0.2, 0.25) is 0 Å². The largest absolute Gasteiger partial charge is 0.364 e. The van der Waals surface area contributed by atoms with E-state index in [0.29, 0.717) is 18.1 Å². The van der Waals surface area contributed by atoms with Gasteiger partial charge in [0.1, 0.15) is 5.69 Å². The number of rotatable bonds is 5. The van der Waals surface area contributed by atoms with E-state index in [4.69, 9.17) is 5.53 Å². The zero-order chi connectivity index (χ0) is 18.6. The van der Waals surface area contributed by atoms with Crippen molar-refractivity contribution in [1.82, 2.24) is 15.0 Å². The maximum atomic E-state index is 7.40. The Kier molecular flexibility index (Phi) is 4.53. The summed E-state index contributed by atoms with van der Waals surface area (Å²) in [5.74, 6) is 0.578. The van der Waals surface area contributed by atoms with Crippen LogP contribution < -0.4 is 5.32 Å². The highest BCUT2D eigenvalue weighted by molar-refractivity contribution is 5.79. The number of hydrogen-bond acceptors (Lipinski definition) is 6. The number of aryl methyl sites for hydroxylation is 1. The fourth-order valence-electron chi connectivity index (χ4n) is 2.87. The Labute approximate surface area is 156 Å². The molecule has 0 atom stereocenters. The van der Waals surface area contributed by atoms with Gasteiger partial charge in [0, 0.05) is 35.6 Å². The molecule has 27 heavy (non-hydrogen) atoms. The number of anilines is 1. The number of fused-ring (bicyclic) bond motifs is 1. The minimum atomic E-state index is 0.501. The second kappa shape index (κ2) is 7.29. The monoisotopic (exact) mass is 354 g/mol. The van der Waals surface area contributed by atoms with E-state index in [1.165, 1.54) is 0 Å². The van der Waals surface area contributed by atoms with Gasteiger partial charge in [-0.1, -0.05) is 12.1 Å². The van der Waals surface area contributed by atoms with Gasteiger partial charge in [-0.25, -0.2) is 10.5 Å². The molecule has 132 valence electrons. The molecule has 2 N–H and O–H groups in total. The molecule has 6 heteroatoms. The van der Waals surface area contributed by atoms with Gasteiger partial charge in [-0.2, -0.15) is 5.11 Å². The van der Waals surface area contributed by atoms with Crippen LogP contribution in [-0.4, -0.2) is 15.0 Å². The van der Waals surface area contributed by atoms with E-state index in [1.54, 1.807) is 18.5 Å². The summed E-state index contributed by atoms with van der Waals surface area (Å²) < 4.78 is 0. The van der Waals surface area contributed by atoms with Crippen molar-refractivity contribution in [3.05, 3.63) is 78.2 Å². The molecule has 0 unspecified atom stereocenters. The summed E-state index contributed by atoms with van der Waals surface area (Å²) in [5.41, 5.74) is 12.7. The lowest BCUT2D eigenvalue weighted by Crippen LogP contribution is -2.02. The third-order valence-electron chi connectivity index (χ3n) is 4.33. The Balaban J connectivity index is 1.60. The fourth-order valence-corrected chi connectivity index (χ4v) is 2.87. The summed E-state index contributed by atoms with van der Waals surface area (Å²) in [4.78, 5) is 13.3. The molecule has 0 bridgehead atoms. The van der Waals surface area contributed by atoms with Crippen LogP contribution in [-0.2, 0) is 6.54 Å². The summed E-state index contributed by atoms with van der Waals surface area (Å²) in [6, 6.07) is 17.7. The number of hydrogen-bond donors (Lipinski definition) is 2. The molecule has 3 heterocycles. The first-order valence-electron chi connectivity index (χ1n) is 8.62. The minimum absolute atomic E-state index is 0.501. The molecule has 1 aromatic carbocycles. The second-order valence-corrected chi connectivity index (χ2v) is 6.25. The first-order valence-corrected chi connectivity index (χ1v) is 8.62. The highest BCUT2D eigenvalue weighted by Crippen LogP contribution is 2.27. The molecule has 4 aromatic rings. The maximum absolute atomic E-state index is 7.40. The Morgan fingerprint density at radius 1 is 1.04 bits per heavy atom. The van der Waals surface area contributed by atoms with Gasteiger partial charge in [0.2, 0.25) is 0 Å². The van der Waals surface area contributed by atoms with E-state index in [9.17, 15) is 0 Å². The van der Waals surface area contributed by atoms with Gasteiger partial charge < -0.3 is 5.32 Å². The zero-order valence-electron chi connectivity index (χ0n) is 14.8. The van der Waals surface area contributed by atoms with Crippen molar-refractivity contribution >= 4 is 22.4 Å². The molecule has 0 spiro atoms. The van der Waals surface area contributed by atoms with Crippen LogP contribution in [0, 0.1) is 12.5 Å². The number of nitrogens with one attached hydrogen (secondary N) is 2. The summed E-state index contributed by atoms with van der Waals surface area (Å²) in [6.45, 7) is 2.53. The quantitative estimate of drug-likeness (QED) is 0.478. The maximum Gasteiger partial charge on any atom is 0.154 e. The molecule has 6 nitrogen and oxygen atoms in total. The molecule has 0 saturated carbocycles. The Morgan fingerprint density at radius 3 is 2.78 bits per heavy atom. The van der Waals surface area contributed by atoms with E-state index in [0.717, 1.165) is 33.4 Å². The molecule has 0 saturated heterocycles. The Bertz CT molecular complexity index is 1110. The lowest BCUT2D eigenvalue weighted by Gasteiger charge is -2.10. The lowest BCUT2D eigenvalue weighted by molar-refractivity contribution is 1.08. The normalized spacial score (nSPS) is 10.7. The van der Waals surface area contributed by atoms with Crippen LogP contribution in [0.1, 0.15) is 11.3 Å². The Morgan fingerprint density at radius 2 is 1.96 bits per heavy atom. The first kappa shape index (κ1) is 16.8. The minimum Gasteiger partial charge on any atom is -0.364 e. The van der Waals surface area contributed by atoms with Crippen LogP contribution in [0.5, 0.6) is 0 Å². The van der Waals surface area contributed by atoms with Gasteiger partial charge in [0.05, 0.1) is 11.2 Å². The van der Waals surface area contributed by atoms with Crippen molar-refractivity contribution in [3.8, 4) is 11.3 Å². The van der Waals surface area contributed by atoms with E-state index in [-0.39, 0.29) is 0 Å². The highest BCUT2D eigenvalue weighted by atomic mass is 15.1. The number of pyridine rings is 3. The highest BCUT2D eigenvalue weighted by Gasteiger charge is 2.08. The van der Waals surface area contributed by atoms with E-state index >= 15 is 0 Å². The molecule has 0 amide bonds. The number of benzene rings is 1. The van der Waals surface area contributed by atoms with Crippen LogP contribution in [0.15, 0.2) is 72.1 Å². The van der Waals surface area contributed by atoms with Gasteiger partial charge in [0.15, 0.2) is 5.82 Å². The van der Waals surface area contributed by atoms with Crippen molar-refractivity contribution in [2.24, 2.45) is 5.11 Å². The van der Waals surface area contributed by atoms with E-state index in [2.05, 4.69) is 31.4 Å². The average Bonchev–Trinajstić information content (AvgIpc) is 2.72. The van der Waals surface area contributed by atoms with Gasteiger partial charge in [0.25, 0.3) is 0 Å². The van der Waals surface area contributed by atoms with Crippen LogP contribution in [0.4, 0.5) is 11.5 Å². The molecule has 0 aliphatic rings. The van der Waals surface area contributed by atoms with Crippen molar-refractivity contribution in [2.45, 2.75) is 13.5 Å².